The van der Waals surface area contributed by atoms with Gasteiger partial charge in [-0.3, -0.25) is 0 Å². The summed E-state index contributed by atoms with van der Waals surface area (Å²) in [6, 6.07) is 0. The molecule has 0 N–H and O–H groups in total. The third-order valence-electron chi connectivity index (χ3n) is 1.63. The monoisotopic (exact) mass is 148 g/mol. The molecule has 0 aliphatic heterocycles. The van der Waals surface area contributed by atoms with E-state index < -0.39 is 0 Å². The molecule has 0 fully saturated rings. The molecule has 0 saturated carbocycles. The summed E-state index contributed by atoms with van der Waals surface area (Å²) < 4.78 is 5.14. The van der Waals surface area contributed by atoms with Crippen molar-refractivity contribution in [2.75, 3.05) is 7.11 Å². The second-order valence-corrected chi connectivity index (χ2v) is 2.40. The fraction of sp³-hybridized carbons (Fsp3) is 0.400. The molecule has 1 aliphatic rings. The molecular weight excluding hydrogens is 136 g/mol. The van der Waals surface area contributed by atoms with Gasteiger partial charge in [-0.25, -0.2) is 0 Å². The van der Waals surface area contributed by atoms with Crippen molar-refractivity contribution in [1.82, 2.24) is 0 Å². The second-order valence-electron chi connectivity index (χ2n) is 2.40. The summed E-state index contributed by atoms with van der Waals surface area (Å²) in [6.45, 7) is 1.84. The van der Waals surface area contributed by atoms with E-state index in [-0.39, 0.29) is 6.10 Å². The maximum atomic E-state index is 5.14. The van der Waals surface area contributed by atoms with Gasteiger partial charge in [-0.15, -0.1) is 5.92 Å². The molecule has 0 aromatic rings. The minimum Gasteiger partial charge on any atom is -0.377 e. The van der Waals surface area contributed by atoms with Crippen LogP contribution in [0.4, 0.5) is 0 Å². The highest BCUT2D eigenvalue weighted by molar-refractivity contribution is 5.40. The topological polar surface area (TPSA) is 9.23 Å². The number of rotatable bonds is 1. The highest BCUT2D eigenvalue weighted by atomic mass is 16.5. The number of allylic oxidation sites excluding steroid dienone is 2. The van der Waals surface area contributed by atoms with Crippen LogP contribution in [0.1, 0.15) is 13.3 Å². The fourth-order valence-electron chi connectivity index (χ4n) is 1.01. The van der Waals surface area contributed by atoms with E-state index in [9.17, 15) is 0 Å². The van der Waals surface area contributed by atoms with Gasteiger partial charge in [0.2, 0.25) is 0 Å². The van der Waals surface area contributed by atoms with Crippen molar-refractivity contribution in [1.29, 1.82) is 0 Å². The third kappa shape index (κ3) is 2.25. The predicted octanol–water partition coefficient (Wildman–Crippen LogP) is 1.91. The van der Waals surface area contributed by atoms with Gasteiger partial charge in [-0.1, -0.05) is 18.1 Å². The highest BCUT2D eigenvalue weighted by Crippen LogP contribution is 2.11. The van der Waals surface area contributed by atoms with Crippen molar-refractivity contribution in [3.63, 3.8) is 0 Å². The minimum absolute atomic E-state index is 0.248. The van der Waals surface area contributed by atoms with Crippen molar-refractivity contribution in [3.05, 3.63) is 23.8 Å². The van der Waals surface area contributed by atoms with Crippen LogP contribution in [-0.4, -0.2) is 13.2 Å². The Morgan fingerprint density at radius 1 is 1.64 bits per heavy atom. The van der Waals surface area contributed by atoms with Crippen LogP contribution in [0.2, 0.25) is 0 Å². The molecule has 0 aromatic carbocycles. The molecule has 0 spiro atoms. The van der Waals surface area contributed by atoms with Gasteiger partial charge in [-0.05, 0) is 19.4 Å². The Morgan fingerprint density at radius 2 is 2.45 bits per heavy atom. The van der Waals surface area contributed by atoms with E-state index in [0.717, 1.165) is 12.0 Å². The lowest BCUT2D eigenvalue weighted by Crippen LogP contribution is -2.07. The standard InChI is InChI=1S/C10H12O/c1-3-4-9-5-7-10(11-2)8-6-9/h5-7,10H,8H2,1-2H3. The summed E-state index contributed by atoms with van der Waals surface area (Å²) in [5.74, 6) is 5.86. The third-order valence-corrected chi connectivity index (χ3v) is 1.63. The SMILES string of the molecule is CC#CC1=CCC(OC)C=C1. The van der Waals surface area contributed by atoms with Gasteiger partial charge in [-0.2, -0.15) is 0 Å². The number of methoxy groups -OCH3 is 1. The zero-order valence-electron chi connectivity index (χ0n) is 6.92. The maximum Gasteiger partial charge on any atom is 0.0790 e. The summed E-state index contributed by atoms with van der Waals surface area (Å²) in [5.41, 5.74) is 1.10. The van der Waals surface area contributed by atoms with Crippen molar-refractivity contribution in [3.8, 4) is 11.8 Å². The molecule has 1 rings (SSSR count). The molecule has 1 heteroatoms. The summed E-state index contributed by atoms with van der Waals surface area (Å²) >= 11 is 0. The smallest absolute Gasteiger partial charge is 0.0790 e. The quantitative estimate of drug-likeness (QED) is 0.516. The first kappa shape index (κ1) is 8.10. The largest absolute Gasteiger partial charge is 0.377 e. The first-order valence-corrected chi connectivity index (χ1v) is 3.70. The molecule has 0 saturated heterocycles. The van der Waals surface area contributed by atoms with E-state index in [1.165, 1.54) is 0 Å². The van der Waals surface area contributed by atoms with Crippen LogP contribution in [0.5, 0.6) is 0 Å². The Hall–Kier alpha value is -1.00. The lowest BCUT2D eigenvalue weighted by molar-refractivity contribution is 0.142. The summed E-state index contributed by atoms with van der Waals surface area (Å²) in [5, 5.41) is 0. The minimum atomic E-state index is 0.248. The highest BCUT2D eigenvalue weighted by Gasteiger charge is 2.04. The van der Waals surface area contributed by atoms with Crippen molar-refractivity contribution in [2.24, 2.45) is 0 Å². The van der Waals surface area contributed by atoms with Gasteiger partial charge in [0.1, 0.15) is 0 Å². The first-order chi connectivity index (χ1) is 5.36. The molecule has 0 radical (unpaired) electrons. The molecule has 0 bridgehead atoms. The summed E-state index contributed by atoms with van der Waals surface area (Å²) in [7, 11) is 1.72. The Morgan fingerprint density at radius 3 is 2.91 bits per heavy atom. The van der Waals surface area contributed by atoms with E-state index in [1.807, 2.05) is 19.1 Å². The van der Waals surface area contributed by atoms with Crippen LogP contribution >= 0.6 is 0 Å². The average molecular weight is 148 g/mol. The van der Waals surface area contributed by atoms with Gasteiger partial charge in [0, 0.05) is 12.7 Å². The van der Waals surface area contributed by atoms with Gasteiger partial charge in [0.05, 0.1) is 6.10 Å². The van der Waals surface area contributed by atoms with E-state index in [4.69, 9.17) is 4.74 Å². The molecule has 1 aliphatic carbocycles. The van der Waals surface area contributed by atoms with E-state index in [1.54, 1.807) is 7.11 Å². The van der Waals surface area contributed by atoms with Crippen LogP contribution in [0.15, 0.2) is 23.8 Å². The van der Waals surface area contributed by atoms with Gasteiger partial charge in [0.15, 0.2) is 0 Å². The zero-order valence-corrected chi connectivity index (χ0v) is 6.92. The van der Waals surface area contributed by atoms with Crippen LogP contribution in [0, 0.1) is 11.8 Å². The Labute approximate surface area is 67.8 Å². The molecule has 1 atom stereocenters. The van der Waals surface area contributed by atoms with Crippen molar-refractivity contribution >= 4 is 0 Å². The summed E-state index contributed by atoms with van der Waals surface area (Å²) in [4.78, 5) is 0. The molecule has 11 heavy (non-hydrogen) atoms. The molecule has 0 aromatic heterocycles. The van der Waals surface area contributed by atoms with Crippen LogP contribution in [-0.2, 0) is 4.74 Å². The molecule has 1 unspecified atom stereocenters. The van der Waals surface area contributed by atoms with Crippen LogP contribution in [0.25, 0.3) is 0 Å². The van der Waals surface area contributed by atoms with Crippen LogP contribution < -0.4 is 0 Å². The zero-order chi connectivity index (χ0) is 8.10. The number of hydrogen-bond acceptors (Lipinski definition) is 1. The molecule has 0 heterocycles. The fourth-order valence-corrected chi connectivity index (χ4v) is 1.01. The molecule has 58 valence electrons. The van der Waals surface area contributed by atoms with E-state index in [0.29, 0.717) is 0 Å². The summed E-state index contributed by atoms with van der Waals surface area (Å²) in [6.07, 6.45) is 7.34. The number of ether oxygens (including phenoxy) is 1. The lowest BCUT2D eigenvalue weighted by atomic mass is 10.1. The maximum absolute atomic E-state index is 5.14. The molecular formula is C10H12O. The van der Waals surface area contributed by atoms with Crippen LogP contribution in [0.3, 0.4) is 0 Å². The Balaban J connectivity index is 2.57. The second kappa shape index (κ2) is 4.00. The van der Waals surface area contributed by atoms with E-state index in [2.05, 4.69) is 17.9 Å². The van der Waals surface area contributed by atoms with E-state index >= 15 is 0 Å². The first-order valence-electron chi connectivity index (χ1n) is 3.70. The van der Waals surface area contributed by atoms with Crippen molar-refractivity contribution < 1.29 is 4.74 Å². The van der Waals surface area contributed by atoms with Crippen molar-refractivity contribution in [2.45, 2.75) is 19.4 Å². The molecule has 1 nitrogen and oxygen atoms in total. The van der Waals surface area contributed by atoms with Gasteiger partial charge < -0.3 is 4.74 Å². The average Bonchev–Trinajstić information content (AvgIpc) is 2.07. The molecule has 0 amide bonds. The normalized spacial score (nSPS) is 22.0. The van der Waals surface area contributed by atoms with Gasteiger partial charge >= 0.3 is 0 Å². The predicted molar refractivity (Wildman–Crippen MR) is 46.1 cm³/mol. The lowest BCUT2D eigenvalue weighted by Gasteiger charge is -2.11. The Kier molecular flexibility index (Phi) is 2.95. The number of hydrogen-bond donors (Lipinski definition) is 0. The Bertz CT molecular complexity index is 237. The van der Waals surface area contributed by atoms with Gasteiger partial charge in [0.25, 0.3) is 0 Å².